The normalized spacial score (nSPS) is 6.75. The quantitative estimate of drug-likeness (QED) is 0.659. The summed E-state index contributed by atoms with van der Waals surface area (Å²) in [6, 6.07) is 7.57. The van der Waals surface area contributed by atoms with Crippen LogP contribution < -0.4 is 0 Å². The van der Waals surface area contributed by atoms with Gasteiger partial charge in [0, 0.05) is 5.02 Å². The molecule has 0 aromatic heterocycles. The summed E-state index contributed by atoms with van der Waals surface area (Å²) in [6.07, 6.45) is 1.77. The van der Waals surface area contributed by atoms with E-state index in [1.807, 2.05) is 24.3 Å². The zero-order valence-corrected chi connectivity index (χ0v) is 10.3. The van der Waals surface area contributed by atoms with Gasteiger partial charge in [-0.25, -0.2) is 0 Å². The molecule has 70 valence electrons. The van der Waals surface area contributed by atoms with E-state index >= 15 is 0 Å². The minimum absolute atomic E-state index is 0. The Balaban J connectivity index is -0.000000270. The molecule has 0 nitrogen and oxygen atoms in total. The molecule has 1 unspecified atom stereocenters. The van der Waals surface area contributed by atoms with Crippen LogP contribution in [0, 0.1) is 0 Å². The van der Waals surface area contributed by atoms with Crippen molar-refractivity contribution in [2.24, 2.45) is 0 Å². The molecule has 1 aromatic rings. The fourth-order valence-corrected chi connectivity index (χ4v) is 0.832. The maximum Gasteiger partial charge on any atom is 0.0411 e. The molecule has 0 saturated carbocycles. The molecule has 0 saturated heterocycles. The van der Waals surface area contributed by atoms with E-state index in [0.29, 0.717) is 0 Å². The first-order chi connectivity index (χ1) is 4.33. The van der Waals surface area contributed by atoms with Gasteiger partial charge in [-0.2, -0.15) is 9.90 Å². The van der Waals surface area contributed by atoms with Crippen molar-refractivity contribution in [1.82, 2.24) is 0 Å². The molecule has 1 atom stereocenters. The maximum atomic E-state index is 5.68. The van der Waals surface area contributed by atoms with E-state index in [4.69, 9.17) is 11.6 Å². The molecule has 0 N–H and O–H groups in total. The van der Waals surface area contributed by atoms with Gasteiger partial charge in [-0.3, -0.25) is 0 Å². The van der Waals surface area contributed by atoms with Crippen LogP contribution in [0.25, 0.3) is 6.08 Å². The second-order valence-corrected chi connectivity index (χ2v) is 2.20. The predicted molar refractivity (Wildman–Crippen MR) is 67.1 cm³/mol. The van der Waals surface area contributed by atoms with Crippen LogP contribution in [0.15, 0.2) is 30.8 Å². The molecule has 0 amide bonds. The highest BCUT2D eigenvalue weighted by Gasteiger charge is 1.85. The zero-order chi connectivity index (χ0) is 6.69. The number of halogens is 3. The fraction of sp³-hybridized carbons (Fsp3) is 0. The van der Waals surface area contributed by atoms with E-state index in [2.05, 4.69) is 6.58 Å². The van der Waals surface area contributed by atoms with Crippen LogP contribution in [-0.2, 0) is 0 Å². The third-order valence-electron chi connectivity index (χ3n) is 1.08. The summed E-state index contributed by atoms with van der Waals surface area (Å²) in [5.41, 5.74) is 1.06. The van der Waals surface area contributed by atoms with Crippen molar-refractivity contribution in [2.75, 3.05) is 0 Å². The summed E-state index contributed by atoms with van der Waals surface area (Å²) >= 11 is 5.68. The third-order valence-corrected chi connectivity index (χ3v) is 1.32. The van der Waals surface area contributed by atoms with Crippen molar-refractivity contribution in [3.8, 4) is 0 Å². The van der Waals surface area contributed by atoms with Gasteiger partial charge in [-0.1, -0.05) is 36.4 Å². The number of benzene rings is 1. The number of hydrogen-bond donors (Lipinski definition) is 0. The van der Waals surface area contributed by atoms with Crippen LogP contribution in [0.5, 0.6) is 0 Å². The van der Waals surface area contributed by atoms with Crippen molar-refractivity contribution >= 4 is 52.4 Å². The summed E-state index contributed by atoms with van der Waals surface area (Å²) in [4.78, 5) is 0. The van der Waals surface area contributed by atoms with Gasteiger partial charge in [-0.05, 0) is 17.7 Å². The van der Waals surface area contributed by atoms with Gasteiger partial charge in [0.1, 0.15) is 0 Å². The van der Waals surface area contributed by atoms with Crippen molar-refractivity contribution in [3.05, 3.63) is 41.4 Å². The largest absolute Gasteiger partial charge is 0.153 e. The first-order valence-electron chi connectivity index (χ1n) is 2.71. The number of rotatable bonds is 1. The highest BCUT2D eigenvalue weighted by atomic mass is 35.5. The Morgan fingerprint density at radius 1 is 1.25 bits per heavy atom. The van der Waals surface area contributed by atoms with Crippen LogP contribution in [0.2, 0.25) is 5.02 Å². The molecule has 0 aliphatic heterocycles. The Hall–Kier alpha value is 0.260. The van der Waals surface area contributed by atoms with Gasteiger partial charge in [0.15, 0.2) is 0 Å². The molecule has 0 aliphatic rings. The predicted octanol–water partition coefficient (Wildman–Crippen LogP) is 3.88. The summed E-state index contributed by atoms with van der Waals surface area (Å²) in [5, 5.41) is 0.757. The summed E-state index contributed by atoms with van der Waals surface area (Å²) in [7, 11) is 0. The van der Waals surface area contributed by atoms with Crippen molar-refractivity contribution in [1.29, 1.82) is 0 Å². The number of hydrogen-bond acceptors (Lipinski definition) is 0. The molecule has 0 heterocycles. The molecule has 0 radical (unpaired) electrons. The van der Waals surface area contributed by atoms with E-state index in [-0.39, 0.29) is 34.7 Å². The van der Waals surface area contributed by atoms with E-state index in [9.17, 15) is 0 Å². The van der Waals surface area contributed by atoms with E-state index in [1.165, 1.54) is 0 Å². The van der Waals surface area contributed by atoms with E-state index in [0.717, 1.165) is 10.6 Å². The lowest BCUT2D eigenvalue weighted by atomic mass is 10.2. The van der Waals surface area contributed by atoms with Crippen LogP contribution in [0.4, 0.5) is 0 Å². The highest BCUT2D eigenvalue weighted by molar-refractivity contribution is 6.92. The smallest absolute Gasteiger partial charge is 0.0411 e. The Kier molecular flexibility index (Phi) is 14.1. The van der Waals surface area contributed by atoms with Gasteiger partial charge in [0.25, 0.3) is 0 Å². The lowest BCUT2D eigenvalue weighted by molar-refractivity contribution is 1.66. The Morgan fingerprint density at radius 3 is 2.17 bits per heavy atom. The summed E-state index contributed by atoms with van der Waals surface area (Å²) in [6.45, 7) is 3.61. The Labute approximate surface area is 93.8 Å². The lowest BCUT2D eigenvalue weighted by Crippen LogP contribution is -1.67. The minimum Gasteiger partial charge on any atom is -0.153 e. The maximum absolute atomic E-state index is 5.68. The Morgan fingerprint density at radius 2 is 1.83 bits per heavy atom. The van der Waals surface area contributed by atoms with Crippen LogP contribution >= 0.6 is 46.3 Å². The van der Waals surface area contributed by atoms with Crippen LogP contribution in [-0.4, -0.2) is 0 Å². The molecule has 0 fully saturated rings. The molecule has 1 rings (SSSR count). The topological polar surface area (TPSA) is 0 Å². The molecule has 0 bridgehead atoms. The second-order valence-electron chi connectivity index (χ2n) is 1.76. The third kappa shape index (κ3) is 5.85. The molecule has 12 heavy (non-hydrogen) atoms. The second kappa shape index (κ2) is 9.35. The van der Waals surface area contributed by atoms with Crippen molar-refractivity contribution in [2.45, 2.75) is 0 Å². The lowest BCUT2D eigenvalue weighted by Gasteiger charge is -1.90. The highest BCUT2D eigenvalue weighted by Crippen LogP contribution is 2.10. The first-order valence-corrected chi connectivity index (χ1v) is 3.09. The Bertz CT molecular complexity index is 225. The average Bonchev–Trinajstić information content (AvgIpc) is 1.88. The van der Waals surface area contributed by atoms with Gasteiger partial charge >= 0.3 is 0 Å². The van der Waals surface area contributed by atoms with E-state index < -0.39 is 0 Å². The van der Waals surface area contributed by atoms with Gasteiger partial charge in [0.05, 0.1) is 0 Å². The van der Waals surface area contributed by atoms with Crippen molar-refractivity contribution in [3.63, 3.8) is 0 Å². The SMILES string of the molecule is C=Cc1cccc(Cl)c1.Cl.Cl.P. The van der Waals surface area contributed by atoms with Gasteiger partial charge < -0.3 is 0 Å². The monoisotopic (exact) mass is 244 g/mol. The van der Waals surface area contributed by atoms with Crippen LogP contribution in [0.1, 0.15) is 5.56 Å². The fourth-order valence-electron chi connectivity index (χ4n) is 0.634. The van der Waals surface area contributed by atoms with Crippen LogP contribution in [0.3, 0.4) is 0 Å². The molecule has 1 aromatic carbocycles. The summed E-state index contributed by atoms with van der Waals surface area (Å²) < 4.78 is 0. The van der Waals surface area contributed by atoms with E-state index in [1.54, 1.807) is 6.08 Å². The zero-order valence-electron chi connectivity index (χ0n) is 6.50. The van der Waals surface area contributed by atoms with Crippen molar-refractivity contribution < 1.29 is 0 Å². The molecule has 4 heteroatoms. The first kappa shape index (κ1) is 18.1. The summed E-state index contributed by atoms with van der Waals surface area (Å²) in [5.74, 6) is 0. The average molecular weight is 246 g/mol. The minimum atomic E-state index is 0. The standard InChI is InChI=1S/C8H7Cl.2ClH.H3P/c1-2-7-4-3-5-8(9)6-7;;;/h2-6H,1H2;2*1H;1H3. The molecule has 0 spiro atoms. The molecular formula is C8H12Cl3P. The van der Waals surface area contributed by atoms with Gasteiger partial charge in [0.2, 0.25) is 0 Å². The molecule has 0 aliphatic carbocycles. The molecular weight excluding hydrogens is 233 g/mol. The van der Waals surface area contributed by atoms with Gasteiger partial charge in [-0.15, -0.1) is 24.8 Å².